The second-order valence-electron chi connectivity index (χ2n) is 5.54. The fourth-order valence-corrected chi connectivity index (χ4v) is 5.76. The average molecular weight is 433 g/mol. The number of aryl methyl sites for hydroxylation is 1. The van der Waals surface area contributed by atoms with Gasteiger partial charge in [0, 0.05) is 11.4 Å². The molecule has 0 aliphatic heterocycles. The van der Waals surface area contributed by atoms with Crippen molar-refractivity contribution in [3.63, 3.8) is 0 Å². The smallest absolute Gasteiger partial charge is 0.207 e. The molecule has 0 fully saturated rings. The van der Waals surface area contributed by atoms with Gasteiger partial charge in [0.2, 0.25) is 10.0 Å². The van der Waals surface area contributed by atoms with Crippen molar-refractivity contribution in [1.29, 1.82) is 0 Å². The maximum absolute atomic E-state index is 12.4. The van der Waals surface area contributed by atoms with Crippen LogP contribution in [0.1, 0.15) is 32.8 Å². The van der Waals surface area contributed by atoms with Gasteiger partial charge in [-0.25, -0.2) is 13.1 Å². The van der Waals surface area contributed by atoms with E-state index in [9.17, 15) is 8.42 Å². The van der Waals surface area contributed by atoms with Crippen LogP contribution in [0, 0.1) is 12.3 Å². The Labute approximate surface area is 136 Å². The van der Waals surface area contributed by atoms with Gasteiger partial charge in [-0.3, -0.25) is 0 Å². The lowest BCUT2D eigenvalue weighted by molar-refractivity contribution is 0.293. The Morgan fingerprint density at radius 3 is 2.37 bits per heavy atom. The van der Waals surface area contributed by atoms with Gasteiger partial charge in [0.05, 0.1) is 3.79 Å². The van der Waals surface area contributed by atoms with Gasteiger partial charge in [0.1, 0.15) is 4.21 Å². The minimum absolute atomic E-state index is 0.0990. The monoisotopic (exact) mass is 431 g/mol. The van der Waals surface area contributed by atoms with Crippen LogP contribution in [-0.2, 0) is 10.0 Å². The van der Waals surface area contributed by atoms with Crippen molar-refractivity contribution in [2.24, 2.45) is 5.41 Å². The molecule has 0 bridgehead atoms. The molecule has 19 heavy (non-hydrogen) atoms. The lowest BCUT2D eigenvalue weighted by atomic mass is 9.86. The lowest BCUT2D eigenvalue weighted by Gasteiger charge is -2.30. The molecule has 1 rings (SSSR count). The van der Waals surface area contributed by atoms with Crippen LogP contribution in [0.25, 0.3) is 0 Å². The molecule has 3 nitrogen and oxygen atoms in total. The van der Waals surface area contributed by atoms with Gasteiger partial charge in [-0.05, 0) is 46.3 Å². The van der Waals surface area contributed by atoms with Crippen LogP contribution < -0.4 is 4.72 Å². The van der Waals surface area contributed by atoms with Crippen LogP contribution in [0.5, 0.6) is 0 Å². The zero-order valence-electron chi connectivity index (χ0n) is 11.5. The maximum atomic E-state index is 12.4. The zero-order valence-corrected chi connectivity index (χ0v) is 16.3. The Bertz CT molecular complexity index is 513. The van der Waals surface area contributed by atoms with E-state index in [-0.39, 0.29) is 11.5 Å². The van der Waals surface area contributed by atoms with E-state index in [1.54, 1.807) is 6.07 Å². The molecule has 0 aromatic carbocycles. The van der Waals surface area contributed by atoms with Gasteiger partial charge in [0.25, 0.3) is 0 Å². The van der Waals surface area contributed by atoms with E-state index >= 15 is 0 Å². The SMILES string of the molecule is Cc1cc(S(=O)(=O)NC(CCBr)C(C)(C)C)sc1Br. The molecule has 1 atom stereocenters. The Hall–Kier alpha value is 0.570. The third-order valence-corrected chi connectivity index (χ3v) is 7.38. The van der Waals surface area contributed by atoms with Gasteiger partial charge < -0.3 is 0 Å². The Kier molecular flexibility index (Phi) is 6.08. The molecule has 110 valence electrons. The number of hydrogen-bond acceptors (Lipinski definition) is 3. The molecule has 0 amide bonds. The first-order chi connectivity index (χ1) is 8.58. The van der Waals surface area contributed by atoms with Crippen molar-refractivity contribution < 1.29 is 8.42 Å². The molecule has 1 unspecified atom stereocenters. The maximum Gasteiger partial charge on any atom is 0.250 e. The molecule has 1 aromatic rings. The predicted octanol–water partition coefficient (Wildman–Crippen LogP) is 4.30. The molecule has 0 radical (unpaired) electrons. The summed E-state index contributed by atoms with van der Waals surface area (Å²) in [4.78, 5) is 0. The fourth-order valence-electron chi connectivity index (χ4n) is 1.59. The van der Waals surface area contributed by atoms with E-state index in [2.05, 4.69) is 36.6 Å². The zero-order chi connectivity index (χ0) is 14.8. The molecule has 0 saturated heterocycles. The van der Waals surface area contributed by atoms with E-state index in [0.717, 1.165) is 21.1 Å². The number of halogens is 2. The number of thiophene rings is 1. The van der Waals surface area contributed by atoms with E-state index in [0.29, 0.717) is 4.21 Å². The van der Waals surface area contributed by atoms with Crippen LogP contribution in [0.2, 0.25) is 0 Å². The largest absolute Gasteiger partial charge is 0.250 e. The molecule has 7 heteroatoms. The van der Waals surface area contributed by atoms with Crippen molar-refractivity contribution in [2.75, 3.05) is 5.33 Å². The van der Waals surface area contributed by atoms with E-state index in [1.165, 1.54) is 11.3 Å². The fraction of sp³-hybridized carbons (Fsp3) is 0.667. The molecule has 1 aromatic heterocycles. The van der Waals surface area contributed by atoms with Gasteiger partial charge in [-0.2, -0.15) is 0 Å². The number of rotatable bonds is 5. The predicted molar refractivity (Wildman–Crippen MR) is 88.7 cm³/mol. The van der Waals surface area contributed by atoms with Crippen molar-refractivity contribution in [2.45, 2.75) is 44.4 Å². The number of nitrogens with one attached hydrogen (secondary N) is 1. The summed E-state index contributed by atoms with van der Waals surface area (Å²) in [6.07, 6.45) is 0.758. The summed E-state index contributed by atoms with van der Waals surface area (Å²) in [5.41, 5.74) is 0.822. The van der Waals surface area contributed by atoms with Crippen LogP contribution in [0.15, 0.2) is 14.1 Å². The highest BCUT2D eigenvalue weighted by Crippen LogP contribution is 2.32. The van der Waals surface area contributed by atoms with Crippen molar-refractivity contribution in [3.8, 4) is 0 Å². The van der Waals surface area contributed by atoms with Crippen LogP contribution in [-0.4, -0.2) is 19.8 Å². The highest BCUT2D eigenvalue weighted by atomic mass is 79.9. The highest BCUT2D eigenvalue weighted by Gasteiger charge is 2.30. The Morgan fingerprint density at radius 2 is 2.00 bits per heavy atom. The highest BCUT2D eigenvalue weighted by molar-refractivity contribution is 9.11. The van der Waals surface area contributed by atoms with E-state index < -0.39 is 10.0 Å². The summed E-state index contributed by atoms with van der Waals surface area (Å²) >= 11 is 7.99. The Morgan fingerprint density at radius 1 is 1.42 bits per heavy atom. The normalized spacial score (nSPS) is 14.6. The van der Waals surface area contributed by atoms with Crippen molar-refractivity contribution in [3.05, 3.63) is 15.4 Å². The minimum Gasteiger partial charge on any atom is -0.207 e. The van der Waals surface area contributed by atoms with E-state index in [1.807, 2.05) is 27.7 Å². The first-order valence-electron chi connectivity index (χ1n) is 5.92. The summed E-state index contributed by atoms with van der Waals surface area (Å²) in [6, 6.07) is 1.60. The molecular weight excluding hydrogens is 414 g/mol. The topological polar surface area (TPSA) is 46.2 Å². The molecule has 0 spiro atoms. The first kappa shape index (κ1) is 17.6. The first-order valence-corrected chi connectivity index (χ1v) is 10.1. The van der Waals surface area contributed by atoms with Gasteiger partial charge in [-0.15, -0.1) is 11.3 Å². The summed E-state index contributed by atoms with van der Waals surface area (Å²) in [7, 11) is -3.45. The van der Waals surface area contributed by atoms with E-state index in [4.69, 9.17) is 0 Å². The quantitative estimate of drug-likeness (QED) is 0.705. The van der Waals surface area contributed by atoms with Gasteiger partial charge in [0.15, 0.2) is 0 Å². The summed E-state index contributed by atoms with van der Waals surface area (Å²) in [5.74, 6) is 0. The summed E-state index contributed by atoms with van der Waals surface area (Å²) in [5, 5.41) is 0.768. The molecule has 1 heterocycles. The number of hydrogen-bond donors (Lipinski definition) is 1. The molecular formula is C12H19Br2NO2S2. The molecule has 1 N–H and O–H groups in total. The van der Waals surface area contributed by atoms with Gasteiger partial charge >= 0.3 is 0 Å². The third-order valence-electron chi connectivity index (χ3n) is 2.84. The lowest BCUT2D eigenvalue weighted by Crippen LogP contribution is -2.43. The summed E-state index contributed by atoms with van der Waals surface area (Å²) < 4.78 is 28.8. The second-order valence-corrected chi connectivity index (χ2v) is 10.6. The molecule has 0 aliphatic carbocycles. The standard InChI is InChI=1S/C12H19Br2NO2S2/c1-8-7-10(18-11(8)14)19(16,17)15-9(5-6-13)12(2,3)4/h7,9,15H,5-6H2,1-4H3. The van der Waals surface area contributed by atoms with Crippen LogP contribution in [0.4, 0.5) is 0 Å². The molecule has 0 aliphatic rings. The van der Waals surface area contributed by atoms with Gasteiger partial charge in [-0.1, -0.05) is 36.7 Å². The minimum atomic E-state index is -3.45. The van der Waals surface area contributed by atoms with Crippen LogP contribution in [0.3, 0.4) is 0 Å². The molecule has 0 saturated carbocycles. The number of sulfonamides is 1. The summed E-state index contributed by atoms with van der Waals surface area (Å²) in [6.45, 7) is 8.01. The third kappa shape index (κ3) is 4.81. The second kappa shape index (κ2) is 6.56. The van der Waals surface area contributed by atoms with Crippen molar-refractivity contribution in [1.82, 2.24) is 4.72 Å². The number of alkyl halides is 1. The van der Waals surface area contributed by atoms with Crippen LogP contribution >= 0.6 is 43.2 Å². The Balaban J connectivity index is 3.00. The average Bonchev–Trinajstić information content (AvgIpc) is 2.58. The van der Waals surface area contributed by atoms with Crippen molar-refractivity contribution >= 4 is 53.2 Å².